The molecule has 61 heavy (non-hydrogen) atoms. The molecule has 0 bridgehead atoms. The lowest BCUT2D eigenvalue weighted by atomic mass is 9.97. The number of nitrogens with one attached hydrogen (secondary N) is 2. The van der Waals surface area contributed by atoms with E-state index in [1.54, 1.807) is 47.4 Å². The molecule has 1 aliphatic rings. The normalized spacial score (nSPS) is 13.6. The van der Waals surface area contributed by atoms with E-state index in [1.807, 2.05) is 96.1 Å². The van der Waals surface area contributed by atoms with Gasteiger partial charge in [0.15, 0.2) is 0 Å². The summed E-state index contributed by atoms with van der Waals surface area (Å²) >= 11 is 0. The predicted molar refractivity (Wildman–Crippen MR) is 237 cm³/mol. The van der Waals surface area contributed by atoms with Gasteiger partial charge in [0, 0.05) is 40.2 Å². The first-order chi connectivity index (χ1) is 29.0. The van der Waals surface area contributed by atoms with Gasteiger partial charge in [0.05, 0.1) is 23.6 Å². The molecule has 1 aromatic heterocycles. The summed E-state index contributed by atoms with van der Waals surface area (Å²) < 4.78 is 12.4. The van der Waals surface area contributed by atoms with Gasteiger partial charge in [-0.1, -0.05) is 47.6 Å². The van der Waals surface area contributed by atoms with Crippen LogP contribution in [0.5, 0.6) is 11.5 Å². The second-order valence-electron chi connectivity index (χ2n) is 16.8. The molecule has 13 nitrogen and oxygen atoms in total. The zero-order chi connectivity index (χ0) is 43.6. The first-order valence-corrected chi connectivity index (χ1v) is 20.1. The minimum Gasteiger partial charge on any atom is -0.507 e. The lowest BCUT2D eigenvalue weighted by Crippen LogP contribution is -2.40. The van der Waals surface area contributed by atoms with E-state index in [4.69, 9.17) is 25.2 Å². The molecule has 2 heterocycles. The lowest BCUT2D eigenvalue weighted by Gasteiger charge is -2.31. The number of aromatic amines is 1. The summed E-state index contributed by atoms with van der Waals surface area (Å²) in [6.45, 7) is 12.4. The summed E-state index contributed by atoms with van der Waals surface area (Å²) in [7, 11) is 0. The van der Waals surface area contributed by atoms with Gasteiger partial charge >= 0.3 is 5.97 Å². The van der Waals surface area contributed by atoms with Crippen LogP contribution in [0.1, 0.15) is 77.7 Å². The minimum atomic E-state index is -1.04. The molecule has 1 aliphatic heterocycles. The fourth-order valence-corrected chi connectivity index (χ4v) is 7.42. The average molecular weight is 826 g/mol. The number of oxime groups is 1. The third-order valence-corrected chi connectivity index (χ3v) is 10.7. The molecule has 5 aromatic carbocycles. The number of hydrogen-bond acceptors (Lipinski definition) is 9. The summed E-state index contributed by atoms with van der Waals surface area (Å²) in [6.07, 6.45) is 0.932. The Kier molecular flexibility index (Phi) is 11.9. The number of carbonyl (C=O) groups excluding carboxylic acids is 2. The molecule has 0 aliphatic carbocycles. The Morgan fingerprint density at radius 3 is 2.36 bits per heavy atom. The molecule has 6 aromatic rings. The number of carboxylic acid groups (broad SMARTS) is 1. The Balaban J connectivity index is 0.905. The topological polar surface area (TPSA) is 189 Å². The molecule has 0 spiro atoms. The molecule has 7 rings (SSSR count). The Morgan fingerprint density at radius 2 is 1.64 bits per heavy atom. The van der Waals surface area contributed by atoms with E-state index in [2.05, 4.69) is 15.5 Å². The number of aryl methyl sites for hydroxylation is 1. The largest absolute Gasteiger partial charge is 0.507 e. The third-order valence-electron chi connectivity index (χ3n) is 10.7. The highest BCUT2D eigenvalue weighted by Crippen LogP contribution is 2.41. The molecule has 0 radical (unpaired) electrons. The van der Waals surface area contributed by atoms with Gasteiger partial charge in [-0.25, -0.2) is 0 Å². The number of hydrogen-bond donors (Lipinski definition) is 5. The van der Waals surface area contributed by atoms with Crippen LogP contribution in [0.4, 0.5) is 11.4 Å². The Morgan fingerprint density at radius 1 is 0.918 bits per heavy atom. The van der Waals surface area contributed by atoms with Crippen molar-refractivity contribution in [2.75, 3.05) is 30.0 Å². The van der Waals surface area contributed by atoms with Crippen molar-refractivity contribution in [2.24, 2.45) is 10.9 Å². The second kappa shape index (κ2) is 17.1. The number of carboxylic acids is 1. The van der Waals surface area contributed by atoms with E-state index in [0.29, 0.717) is 41.4 Å². The number of amides is 2. The number of anilines is 2. The number of ether oxygens (including phenoxy) is 2. The highest BCUT2D eigenvalue weighted by atomic mass is 16.6. The van der Waals surface area contributed by atoms with Crippen LogP contribution in [-0.2, 0) is 27.2 Å². The number of aromatic nitrogens is 1. The summed E-state index contributed by atoms with van der Waals surface area (Å²) in [5.41, 5.74) is 11.6. The van der Waals surface area contributed by atoms with Crippen molar-refractivity contribution in [1.29, 1.82) is 0 Å². The number of fused-ring (bicyclic) bond motifs is 4. The van der Waals surface area contributed by atoms with Gasteiger partial charge in [-0.05, 0) is 131 Å². The molecule has 2 amide bonds. The fraction of sp³-hybridized carbons (Fsp3) is 0.292. The average Bonchev–Trinajstić information content (AvgIpc) is 3.85. The minimum absolute atomic E-state index is 0.150. The van der Waals surface area contributed by atoms with Crippen LogP contribution in [0, 0.1) is 6.92 Å². The number of aliphatic carboxylic acids is 1. The quantitative estimate of drug-likeness (QED) is 0.0503. The maximum atomic E-state index is 13.8. The molecular formula is C48H51N5O8. The van der Waals surface area contributed by atoms with Crippen LogP contribution in [0.3, 0.4) is 0 Å². The summed E-state index contributed by atoms with van der Waals surface area (Å²) in [5.74, 6) is -0.811. The van der Waals surface area contributed by atoms with Gasteiger partial charge in [-0.15, -0.1) is 0 Å². The second-order valence-corrected chi connectivity index (χ2v) is 16.8. The Hall–Kier alpha value is -6.70. The van der Waals surface area contributed by atoms with E-state index in [9.17, 15) is 19.5 Å². The van der Waals surface area contributed by atoms with Crippen LogP contribution in [0.2, 0.25) is 0 Å². The maximum Gasteiger partial charge on any atom is 0.320 e. The molecule has 13 heteroatoms. The van der Waals surface area contributed by atoms with Gasteiger partial charge in [-0.3, -0.25) is 14.4 Å². The Labute approximate surface area is 354 Å². The van der Waals surface area contributed by atoms with Crippen LogP contribution >= 0.6 is 0 Å². The van der Waals surface area contributed by atoms with Gasteiger partial charge in [-0.2, -0.15) is 0 Å². The number of phenols is 1. The number of benzene rings is 5. The highest BCUT2D eigenvalue weighted by Gasteiger charge is 2.30. The third kappa shape index (κ3) is 9.69. The van der Waals surface area contributed by atoms with Crippen molar-refractivity contribution in [3.63, 3.8) is 0 Å². The summed E-state index contributed by atoms with van der Waals surface area (Å²) in [5, 5.41) is 29.6. The fourth-order valence-electron chi connectivity index (χ4n) is 7.42. The monoisotopic (exact) mass is 825 g/mol. The molecule has 0 saturated carbocycles. The molecule has 1 unspecified atom stereocenters. The number of carbonyl (C=O) groups is 3. The van der Waals surface area contributed by atoms with Crippen molar-refractivity contribution in [2.45, 2.75) is 71.6 Å². The molecule has 0 saturated heterocycles. The first kappa shape index (κ1) is 42.4. The molecule has 6 N–H and O–H groups in total. The van der Waals surface area contributed by atoms with Crippen molar-refractivity contribution >= 4 is 56.5 Å². The van der Waals surface area contributed by atoms with Crippen LogP contribution < -0.4 is 20.7 Å². The predicted octanol–water partition coefficient (Wildman–Crippen LogP) is 8.14. The lowest BCUT2D eigenvalue weighted by molar-refractivity contribution is -0.138. The Bertz CT molecular complexity index is 2650. The van der Waals surface area contributed by atoms with Crippen molar-refractivity contribution in [3.8, 4) is 11.5 Å². The number of nitrogens with two attached hydrogens (primary N) is 1. The molecular weight excluding hydrogens is 775 g/mol. The standard InChI is InChI=1S/C48H51N5O8/c1-28-8-7-9-37-42(54)25-41-36(43(28)37)20-21-53(41)45(56)40-24-33-23-34(16-19-39(33)51-40)50-44(55)32-14-17-35(18-15-32)61-48(5,6)26-59-47(3,4)27-60-52-29(2)31-12-10-30(11-13-31)22-38(49)46(57)58/h7-19,23-25,38,51,54H,20-22,26-27,49H2,1-6H3,(H,50,55)(H,57,58)/b52-29+. The van der Waals surface area contributed by atoms with Gasteiger partial charge in [0.25, 0.3) is 11.8 Å². The maximum absolute atomic E-state index is 13.8. The van der Waals surface area contributed by atoms with E-state index in [0.717, 1.165) is 49.6 Å². The number of H-pyrrole nitrogens is 1. The van der Waals surface area contributed by atoms with E-state index in [-0.39, 0.29) is 37.2 Å². The highest BCUT2D eigenvalue weighted by molar-refractivity contribution is 6.12. The van der Waals surface area contributed by atoms with Crippen LogP contribution in [0.25, 0.3) is 21.7 Å². The molecule has 0 fully saturated rings. The van der Waals surface area contributed by atoms with Crippen molar-refractivity contribution in [1.82, 2.24) is 4.98 Å². The van der Waals surface area contributed by atoms with Gasteiger partial charge in [0.2, 0.25) is 0 Å². The molecule has 316 valence electrons. The zero-order valence-corrected chi connectivity index (χ0v) is 35.2. The van der Waals surface area contributed by atoms with Crippen LogP contribution in [-0.4, -0.2) is 75.7 Å². The van der Waals surface area contributed by atoms with Crippen LogP contribution in [0.15, 0.2) is 102 Å². The smallest absolute Gasteiger partial charge is 0.320 e. The zero-order valence-electron chi connectivity index (χ0n) is 35.2. The number of nitrogens with zero attached hydrogens (tertiary/aromatic N) is 2. The van der Waals surface area contributed by atoms with Crippen molar-refractivity contribution in [3.05, 3.63) is 131 Å². The summed E-state index contributed by atoms with van der Waals surface area (Å²) in [6, 6.07) is 28.0. The number of rotatable bonds is 15. The van der Waals surface area contributed by atoms with E-state index < -0.39 is 23.2 Å². The van der Waals surface area contributed by atoms with E-state index >= 15 is 0 Å². The number of phenolic OH excluding ortho intramolecular Hbond substituents is 1. The molecule has 1 atom stereocenters. The van der Waals surface area contributed by atoms with E-state index in [1.165, 1.54) is 0 Å². The first-order valence-electron chi connectivity index (χ1n) is 20.1. The SMILES string of the molecule is C/C(=N\OCC(C)(C)OCC(C)(C)Oc1ccc(C(=O)Nc2ccc3[nH]c(C(=O)N4CCc5c4cc(O)c4cccc(C)c54)cc3c2)cc1)c1ccc(CC(N)C(=O)O)cc1. The van der Waals surface area contributed by atoms with Gasteiger partial charge in [0.1, 0.15) is 35.4 Å². The van der Waals surface area contributed by atoms with Crippen molar-refractivity contribution < 1.29 is 38.9 Å². The van der Waals surface area contributed by atoms with Gasteiger partial charge < -0.3 is 45.5 Å². The number of aromatic hydroxyl groups is 1. The summed E-state index contributed by atoms with van der Waals surface area (Å²) in [4.78, 5) is 48.7.